The Morgan fingerprint density at radius 1 is 1.12 bits per heavy atom. The Balaban J connectivity index is 2.83. The number of hydrogen-bond donors (Lipinski definition) is 0. The van der Waals surface area contributed by atoms with Crippen LogP contribution in [0.1, 0.15) is 5.56 Å². The van der Waals surface area contributed by atoms with Crippen molar-refractivity contribution >= 4 is 21.7 Å². The van der Waals surface area contributed by atoms with Crippen molar-refractivity contribution in [3.63, 3.8) is 0 Å². The average Bonchev–Trinajstić information content (AvgIpc) is 1.90. The molecule has 8 heavy (non-hydrogen) atoms. The molecule has 0 radical (unpaired) electrons. The van der Waals surface area contributed by atoms with Crippen molar-refractivity contribution in [1.82, 2.24) is 0 Å². The first-order chi connectivity index (χ1) is 3.93. The SMILES string of the molecule is [MgH][CH2]c1ccccc1. The Morgan fingerprint density at radius 3 is 2.12 bits per heavy atom. The average molecular weight is 116 g/mol. The van der Waals surface area contributed by atoms with Gasteiger partial charge in [-0.3, -0.25) is 0 Å². The molecule has 1 aromatic rings. The molecule has 0 nitrogen and oxygen atoms in total. The van der Waals surface area contributed by atoms with Gasteiger partial charge < -0.3 is 0 Å². The summed E-state index contributed by atoms with van der Waals surface area (Å²) >= 11 is 1.28. The molecule has 0 bridgehead atoms. The van der Waals surface area contributed by atoms with Gasteiger partial charge in [0.15, 0.2) is 0 Å². The number of benzene rings is 1. The van der Waals surface area contributed by atoms with Crippen LogP contribution in [-0.2, 0) is 4.55 Å². The molecule has 1 heteroatoms. The molecule has 0 aromatic heterocycles. The fraction of sp³-hybridized carbons (Fsp3) is 0.143. The van der Waals surface area contributed by atoms with E-state index < -0.39 is 0 Å². The van der Waals surface area contributed by atoms with E-state index in [2.05, 4.69) is 30.3 Å². The van der Waals surface area contributed by atoms with Gasteiger partial charge in [0.1, 0.15) is 0 Å². The van der Waals surface area contributed by atoms with Crippen molar-refractivity contribution in [2.24, 2.45) is 0 Å². The smallest absolute Gasteiger partial charge is 0.128 e. The lowest BCUT2D eigenvalue weighted by molar-refractivity contribution is 1.40. The highest BCUT2D eigenvalue weighted by molar-refractivity contribution is 6.08. The van der Waals surface area contributed by atoms with Crippen LogP contribution >= 0.6 is 0 Å². The van der Waals surface area contributed by atoms with Crippen LogP contribution in [0.2, 0.25) is 0 Å². The van der Waals surface area contributed by atoms with E-state index in [-0.39, 0.29) is 0 Å². The van der Waals surface area contributed by atoms with Gasteiger partial charge in [0.25, 0.3) is 0 Å². The molecule has 0 N–H and O–H groups in total. The summed E-state index contributed by atoms with van der Waals surface area (Å²) in [6.45, 7) is 0. The third-order valence-corrected chi connectivity index (χ3v) is 2.07. The number of hydrogen-bond acceptors (Lipinski definition) is 0. The molecule has 0 saturated carbocycles. The molecule has 0 fully saturated rings. The van der Waals surface area contributed by atoms with Crippen LogP contribution in [0.25, 0.3) is 0 Å². The third kappa shape index (κ3) is 1.49. The van der Waals surface area contributed by atoms with E-state index in [0.29, 0.717) is 0 Å². The van der Waals surface area contributed by atoms with Gasteiger partial charge in [0, 0.05) is 0 Å². The summed E-state index contributed by atoms with van der Waals surface area (Å²) in [5.74, 6) is 0. The highest BCUT2D eigenvalue weighted by Gasteiger charge is 1.80. The molecule has 0 spiro atoms. The summed E-state index contributed by atoms with van der Waals surface area (Å²) in [6, 6.07) is 10.6. The first-order valence-corrected chi connectivity index (χ1v) is 4.39. The molecule has 0 aliphatic carbocycles. The van der Waals surface area contributed by atoms with Crippen molar-refractivity contribution < 1.29 is 0 Å². The standard InChI is InChI=1S/C7H7.Mg.H/c1-7-5-3-2-4-6-7;;/h2-6H,1H2;;. The second-order valence-corrected chi connectivity index (χ2v) is 2.55. The summed E-state index contributed by atoms with van der Waals surface area (Å²) < 4.78 is 1.28. The van der Waals surface area contributed by atoms with E-state index in [1.165, 1.54) is 31.8 Å². The zero-order valence-corrected chi connectivity index (χ0v) is 7.09. The summed E-state index contributed by atoms with van der Waals surface area (Å²) in [5.41, 5.74) is 1.47. The van der Waals surface area contributed by atoms with Gasteiger partial charge in [-0.15, -0.1) is 4.55 Å². The van der Waals surface area contributed by atoms with Crippen LogP contribution in [0.3, 0.4) is 0 Å². The summed E-state index contributed by atoms with van der Waals surface area (Å²) in [5, 5.41) is 0. The lowest BCUT2D eigenvalue weighted by Crippen LogP contribution is -1.78. The summed E-state index contributed by atoms with van der Waals surface area (Å²) in [6.07, 6.45) is 0. The van der Waals surface area contributed by atoms with E-state index in [1.54, 1.807) is 0 Å². The molecule has 38 valence electrons. The molecule has 0 heterocycles. The van der Waals surface area contributed by atoms with Crippen LogP contribution in [0, 0.1) is 0 Å². The van der Waals surface area contributed by atoms with E-state index >= 15 is 0 Å². The minimum absolute atomic E-state index is 1.28. The van der Waals surface area contributed by atoms with Gasteiger partial charge in [-0.05, 0) is 0 Å². The molecular weight excluding hydrogens is 108 g/mol. The van der Waals surface area contributed by atoms with Gasteiger partial charge in [0.2, 0.25) is 0 Å². The molecule has 0 saturated heterocycles. The fourth-order valence-electron chi connectivity index (χ4n) is 0.714. The largest absolute Gasteiger partial charge is 0.346 e. The molecule has 0 atom stereocenters. The molecule has 0 unspecified atom stereocenters. The van der Waals surface area contributed by atoms with Crippen LogP contribution in [0.15, 0.2) is 30.3 Å². The zero-order valence-electron chi connectivity index (χ0n) is 5.09. The van der Waals surface area contributed by atoms with Crippen LogP contribution in [-0.4, -0.2) is 21.7 Å². The molecule has 0 aliphatic heterocycles. The highest BCUT2D eigenvalue weighted by atomic mass is 24.4. The maximum atomic E-state index is 2.17. The van der Waals surface area contributed by atoms with Crippen molar-refractivity contribution in [1.29, 1.82) is 0 Å². The first-order valence-electron chi connectivity index (χ1n) is 2.97. The van der Waals surface area contributed by atoms with Gasteiger partial charge in [-0.1, -0.05) is 35.9 Å². The maximum absolute atomic E-state index is 2.17. The Kier molecular flexibility index (Phi) is 2.37. The molecule has 1 aromatic carbocycles. The predicted octanol–water partition coefficient (Wildman–Crippen LogP) is 1.09. The second-order valence-electron chi connectivity index (χ2n) is 1.84. The van der Waals surface area contributed by atoms with E-state index in [1.807, 2.05) is 0 Å². The fourth-order valence-corrected chi connectivity index (χ4v) is 1.19. The lowest BCUT2D eigenvalue weighted by Gasteiger charge is -1.90. The van der Waals surface area contributed by atoms with Gasteiger partial charge >= 0.3 is 21.7 Å². The number of rotatable bonds is 1. The summed E-state index contributed by atoms with van der Waals surface area (Å²) in [7, 11) is 0. The van der Waals surface area contributed by atoms with E-state index in [4.69, 9.17) is 0 Å². The maximum Gasteiger partial charge on any atom is 0.346 e. The Hall–Kier alpha value is -0.0138. The lowest BCUT2D eigenvalue weighted by atomic mass is 10.2. The van der Waals surface area contributed by atoms with E-state index in [0.717, 1.165) is 0 Å². The minimum atomic E-state index is 1.28. The second kappa shape index (κ2) is 3.10. The quantitative estimate of drug-likeness (QED) is 0.482. The third-order valence-electron chi connectivity index (χ3n) is 1.25. The molecular formula is C7H8Mg. The van der Waals surface area contributed by atoms with Crippen molar-refractivity contribution in [3.05, 3.63) is 35.9 Å². The van der Waals surface area contributed by atoms with Crippen LogP contribution in [0.5, 0.6) is 0 Å². The molecule has 0 aliphatic rings. The monoisotopic (exact) mass is 116 g/mol. The zero-order chi connectivity index (χ0) is 5.82. The predicted molar refractivity (Wildman–Crippen MR) is 37.3 cm³/mol. The molecule has 1 rings (SSSR count). The van der Waals surface area contributed by atoms with Crippen molar-refractivity contribution in [2.75, 3.05) is 0 Å². The van der Waals surface area contributed by atoms with Crippen molar-refractivity contribution in [3.8, 4) is 0 Å². The highest BCUT2D eigenvalue weighted by Crippen LogP contribution is 1.95. The Labute approximate surface area is 62.3 Å². The molecule has 0 amide bonds. The van der Waals surface area contributed by atoms with Gasteiger partial charge in [-0.25, -0.2) is 0 Å². The van der Waals surface area contributed by atoms with Crippen LogP contribution < -0.4 is 0 Å². The van der Waals surface area contributed by atoms with Crippen LogP contribution in [0.4, 0.5) is 0 Å². The first kappa shape index (κ1) is 6.11. The normalized spacial score (nSPS) is 8.88. The topological polar surface area (TPSA) is 0 Å². The van der Waals surface area contributed by atoms with E-state index in [9.17, 15) is 0 Å². The van der Waals surface area contributed by atoms with Crippen molar-refractivity contribution in [2.45, 2.75) is 4.55 Å². The Morgan fingerprint density at radius 2 is 1.75 bits per heavy atom. The Bertz CT molecular complexity index is 146. The van der Waals surface area contributed by atoms with Gasteiger partial charge in [-0.2, -0.15) is 0 Å². The minimum Gasteiger partial charge on any atom is -0.128 e. The summed E-state index contributed by atoms with van der Waals surface area (Å²) in [4.78, 5) is 0. The van der Waals surface area contributed by atoms with Gasteiger partial charge in [0.05, 0.1) is 0 Å².